The zero-order valence-electron chi connectivity index (χ0n) is 10.1. The molecule has 0 aromatic heterocycles. The number of anilines is 2. The summed E-state index contributed by atoms with van der Waals surface area (Å²) in [5.41, 5.74) is 6.46. The maximum Gasteiger partial charge on any atom is 0.148 e. The summed E-state index contributed by atoms with van der Waals surface area (Å²) >= 11 is 0. The lowest BCUT2D eigenvalue weighted by Gasteiger charge is -2.21. The maximum atomic E-state index is 13.1. The standard InChI is InChI=1S/C12H20FN3/c1-9(2)16(3)8-7-15-11-6-4-5-10(13)12(11)14/h4-6,9,15H,7-8,14H2,1-3H3. The quantitative estimate of drug-likeness (QED) is 0.754. The van der Waals surface area contributed by atoms with Crippen LogP contribution in [0.15, 0.2) is 18.2 Å². The highest BCUT2D eigenvalue weighted by molar-refractivity contribution is 5.66. The van der Waals surface area contributed by atoms with Gasteiger partial charge in [-0.1, -0.05) is 6.07 Å². The molecule has 0 aliphatic heterocycles. The van der Waals surface area contributed by atoms with E-state index >= 15 is 0 Å². The van der Waals surface area contributed by atoms with Crippen LogP contribution in [0.1, 0.15) is 13.8 Å². The van der Waals surface area contributed by atoms with Crippen LogP contribution >= 0.6 is 0 Å². The van der Waals surface area contributed by atoms with E-state index in [4.69, 9.17) is 5.73 Å². The second-order valence-corrected chi connectivity index (χ2v) is 4.20. The number of benzene rings is 1. The molecule has 0 fully saturated rings. The zero-order valence-corrected chi connectivity index (χ0v) is 10.1. The Hall–Kier alpha value is -1.29. The van der Waals surface area contributed by atoms with E-state index in [2.05, 4.69) is 31.1 Å². The number of nitrogens with two attached hydrogens (primary N) is 1. The van der Waals surface area contributed by atoms with Gasteiger partial charge in [0.25, 0.3) is 0 Å². The molecule has 0 bridgehead atoms. The fourth-order valence-electron chi connectivity index (χ4n) is 1.32. The highest BCUT2D eigenvalue weighted by atomic mass is 19.1. The van der Waals surface area contributed by atoms with Gasteiger partial charge >= 0.3 is 0 Å². The normalized spacial score (nSPS) is 11.1. The Bertz CT molecular complexity index is 339. The molecule has 3 N–H and O–H groups in total. The molecule has 4 heteroatoms. The van der Waals surface area contributed by atoms with Crippen LogP contribution in [0.4, 0.5) is 15.8 Å². The average molecular weight is 225 g/mol. The summed E-state index contributed by atoms with van der Waals surface area (Å²) in [5, 5.41) is 3.13. The lowest BCUT2D eigenvalue weighted by Crippen LogP contribution is -2.31. The molecule has 1 aromatic rings. The van der Waals surface area contributed by atoms with Gasteiger partial charge in [-0.15, -0.1) is 0 Å². The first-order valence-corrected chi connectivity index (χ1v) is 5.50. The molecule has 0 saturated heterocycles. The first kappa shape index (κ1) is 12.8. The summed E-state index contributed by atoms with van der Waals surface area (Å²) in [6, 6.07) is 5.31. The predicted molar refractivity (Wildman–Crippen MR) is 67.1 cm³/mol. The molecule has 0 spiro atoms. The van der Waals surface area contributed by atoms with Crippen molar-refractivity contribution in [2.45, 2.75) is 19.9 Å². The molecule has 0 heterocycles. The summed E-state index contributed by atoms with van der Waals surface area (Å²) in [4.78, 5) is 2.21. The number of halogens is 1. The molecule has 0 amide bonds. The zero-order chi connectivity index (χ0) is 12.1. The number of nitrogen functional groups attached to an aromatic ring is 1. The van der Waals surface area contributed by atoms with Gasteiger partial charge in [0.2, 0.25) is 0 Å². The number of hydrogen-bond donors (Lipinski definition) is 2. The number of nitrogens with zero attached hydrogens (tertiary/aromatic N) is 1. The van der Waals surface area contributed by atoms with Crippen LogP contribution < -0.4 is 11.1 Å². The SMILES string of the molecule is CC(C)N(C)CCNc1cccc(F)c1N. The molecular weight excluding hydrogens is 205 g/mol. The van der Waals surface area contributed by atoms with E-state index in [1.165, 1.54) is 6.07 Å². The van der Waals surface area contributed by atoms with Gasteiger partial charge in [-0.25, -0.2) is 4.39 Å². The van der Waals surface area contributed by atoms with Gasteiger partial charge in [0.15, 0.2) is 0 Å². The molecule has 3 nitrogen and oxygen atoms in total. The van der Waals surface area contributed by atoms with E-state index in [9.17, 15) is 4.39 Å². The third-order valence-corrected chi connectivity index (χ3v) is 2.71. The summed E-state index contributed by atoms with van der Waals surface area (Å²) in [5.74, 6) is -0.373. The minimum absolute atomic E-state index is 0.190. The molecular formula is C12H20FN3. The van der Waals surface area contributed by atoms with Crippen LogP contribution in [0.3, 0.4) is 0 Å². The van der Waals surface area contributed by atoms with Crippen molar-refractivity contribution in [3.63, 3.8) is 0 Å². The summed E-state index contributed by atoms with van der Waals surface area (Å²) in [6.07, 6.45) is 0. The number of hydrogen-bond acceptors (Lipinski definition) is 3. The Kier molecular flexibility index (Phi) is 4.55. The Labute approximate surface area is 96.4 Å². The minimum atomic E-state index is -0.373. The summed E-state index contributed by atoms with van der Waals surface area (Å²) < 4.78 is 13.1. The van der Waals surface area contributed by atoms with E-state index in [0.29, 0.717) is 11.7 Å². The van der Waals surface area contributed by atoms with Gasteiger partial charge in [-0.05, 0) is 33.0 Å². The minimum Gasteiger partial charge on any atom is -0.395 e. The molecule has 90 valence electrons. The number of nitrogens with one attached hydrogen (secondary N) is 1. The average Bonchev–Trinajstić information content (AvgIpc) is 2.24. The van der Waals surface area contributed by atoms with E-state index < -0.39 is 0 Å². The number of para-hydroxylation sites is 1. The van der Waals surface area contributed by atoms with Crippen LogP contribution in [0.2, 0.25) is 0 Å². The fraction of sp³-hybridized carbons (Fsp3) is 0.500. The van der Waals surface area contributed by atoms with Crippen molar-refractivity contribution in [2.24, 2.45) is 0 Å². The molecule has 1 rings (SSSR count). The predicted octanol–water partition coefficient (Wildman–Crippen LogP) is 2.16. The third-order valence-electron chi connectivity index (χ3n) is 2.71. The van der Waals surface area contributed by atoms with Crippen molar-refractivity contribution in [2.75, 3.05) is 31.2 Å². The highest BCUT2D eigenvalue weighted by Gasteiger charge is 2.05. The molecule has 1 aromatic carbocycles. The topological polar surface area (TPSA) is 41.3 Å². The molecule has 0 radical (unpaired) electrons. The monoisotopic (exact) mass is 225 g/mol. The molecule has 0 unspecified atom stereocenters. The van der Waals surface area contributed by atoms with Gasteiger partial charge < -0.3 is 16.0 Å². The summed E-state index contributed by atoms with van der Waals surface area (Å²) in [7, 11) is 2.06. The van der Waals surface area contributed by atoms with Crippen molar-refractivity contribution in [3.8, 4) is 0 Å². The Balaban J connectivity index is 2.46. The highest BCUT2D eigenvalue weighted by Crippen LogP contribution is 2.20. The van der Waals surface area contributed by atoms with E-state index in [1.54, 1.807) is 12.1 Å². The molecule has 16 heavy (non-hydrogen) atoms. The van der Waals surface area contributed by atoms with Gasteiger partial charge in [-0.2, -0.15) is 0 Å². The fourth-order valence-corrected chi connectivity index (χ4v) is 1.32. The summed E-state index contributed by atoms with van der Waals surface area (Å²) in [6.45, 7) is 5.92. The lowest BCUT2D eigenvalue weighted by molar-refractivity contribution is 0.284. The van der Waals surface area contributed by atoms with E-state index in [0.717, 1.165) is 13.1 Å². The first-order chi connectivity index (χ1) is 7.52. The van der Waals surface area contributed by atoms with Gasteiger partial charge in [0.1, 0.15) is 5.82 Å². The Morgan fingerprint density at radius 1 is 1.44 bits per heavy atom. The van der Waals surface area contributed by atoms with Crippen molar-refractivity contribution >= 4 is 11.4 Å². The van der Waals surface area contributed by atoms with Crippen LogP contribution in [-0.2, 0) is 0 Å². The van der Waals surface area contributed by atoms with Crippen molar-refractivity contribution in [1.82, 2.24) is 4.90 Å². The van der Waals surface area contributed by atoms with Gasteiger partial charge in [0, 0.05) is 19.1 Å². The van der Waals surface area contributed by atoms with Crippen LogP contribution in [0.5, 0.6) is 0 Å². The van der Waals surface area contributed by atoms with Crippen molar-refractivity contribution in [3.05, 3.63) is 24.0 Å². The van der Waals surface area contributed by atoms with Gasteiger partial charge in [-0.3, -0.25) is 0 Å². The number of rotatable bonds is 5. The van der Waals surface area contributed by atoms with Crippen LogP contribution in [0, 0.1) is 5.82 Å². The van der Waals surface area contributed by atoms with E-state index in [-0.39, 0.29) is 11.5 Å². The molecule has 0 atom stereocenters. The maximum absolute atomic E-state index is 13.1. The smallest absolute Gasteiger partial charge is 0.148 e. The molecule has 0 aliphatic carbocycles. The Morgan fingerprint density at radius 3 is 2.75 bits per heavy atom. The van der Waals surface area contributed by atoms with Crippen LogP contribution in [-0.4, -0.2) is 31.1 Å². The lowest BCUT2D eigenvalue weighted by atomic mass is 10.2. The first-order valence-electron chi connectivity index (χ1n) is 5.50. The van der Waals surface area contributed by atoms with Gasteiger partial charge in [0.05, 0.1) is 11.4 Å². The second kappa shape index (κ2) is 5.70. The number of likely N-dealkylation sites (N-methyl/N-ethyl adjacent to an activating group) is 1. The second-order valence-electron chi connectivity index (χ2n) is 4.20. The van der Waals surface area contributed by atoms with Crippen LogP contribution in [0.25, 0.3) is 0 Å². The van der Waals surface area contributed by atoms with Crippen molar-refractivity contribution < 1.29 is 4.39 Å². The molecule has 0 saturated carbocycles. The Morgan fingerprint density at radius 2 is 2.12 bits per heavy atom. The van der Waals surface area contributed by atoms with E-state index in [1.807, 2.05) is 0 Å². The third kappa shape index (κ3) is 3.38. The van der Waals surface area contributed by atoms with Crippen molar-refractivity contribution in [1.29, 1.82) is 0 Å². The largest absolute Gasteiger partial charge is 0.395 e. The molecule has 0 aliphatic rings.